The lowest BCUT2D eigenvalue weighted by molar-refractivity contribution is -0.137. The molecule has 0 saturated carbocycles. The van der Waals surface area contributed by atoms with Crippen LogP contribution in [0.4, 0.5) is 0 Å². The number of carbonyl (C=O) groups is 1. The molecular weight excluding hydrogens is 331 g/mol. The van der Waals surface area contributed by atoms with Gasteiger partial charge >= 0.3 is 13.1 Å². The number of hydrogen-bond donors (Lipinski definition) is 1. The Kier molecular flexibility index (Phi) is 4.71. The van der Waals surface area contributed by atoms with Gasteiger partial charge in [0, 0.05) is 12.0 Å². The Morgan fingerprint density at radius 1 is 1.19 bits per heavy atom. The van der Waals surface area contributed by atoms with Crippen molar-refractivity contribution in [3.8, 4) is 5.69 Å². The number of nitrogens with zero attached hydrogens (tertiary/aromatic N) is 2. The predicted molar refractivity (Wildman–Crippen MR) is 99.4 cm³/mol. The smallest absolute Gasteiger partial charge is 0.466 e. The Bertz CT molecular complexity index is 785. The van der Waals surface area contributed by atoms with Crippen molar-refractivity contribution in [1.29, 1.82) is 0 Å². The first kappa shape index (κ1) is 18.7. The molecule has 1 N–H and O–H groups in total. The molecule has 0 amide bonds. The molecule has 6 nitrogen and oxygen atoms in total. The molecular formula is C19H25BN2O4. The van der Waals surface area contributed by atoms with E-state index in [2.05, 4.69) is 5.10 Å². The van der Waals surface area contributed by atoms with Gasteiger partial charge in [-0.1, -0.05) is 18.2 Å². The lowest BCUT2D eigenvalue weighted by Crippen LogP contribution is -2.41. The van der Waals surface area contributed by atoms with E-state index >= 15 is 0 Å². The van der Waals surface area contributed by atoms with Crippen molar-refractivity contribution in [2.75, 3.05) is 0 Å². The number of carboxylic acid groups (broad SMARTS) is 1. The largest absolute Gasteiger partial charge is 0.481 e. The fourth-order valence-electron chi connectivity index (χ4n) is 3.14. The zero-order valence-corrected chi connectivity index (χ0v) is 15.9. The van der Waals surface area contributed by atoms with Crippen LogP contribution in [0.2, 0.25) is 0 Å². The maximum absolute atomic E-state index is 11.5. The fourth-order valence-corrected chi connectivity index (χ4v) is 3.14. The number of aryl methyl sites for hydroxylation is 1. The molecule has 1 aromatic carbocycles. The number of carboxylic acids is 1. The van der Waals surface area contributed by atoms with Crippen LogP contribution >= 0.6 is 0 Å². The second-order valence-electron chi connectivity index (χ2n) is 7.78. The summed E-state index contributed by atoms with van der Waals surface area (Å²) in [6.07, 6.45) is 1.79. The van der Waals surface area contributed by atoms with Gasteiger partial charge in [0.1, 0.15) is 0 Å². The van der Waals surface area contributed by atoms with Crippen molar-refractivity contribution in [1.82, 2.24) is 9.78 Å². The summed E-state index contributed by atoms with van der Waals surface area (Å²) in [5.74, 6) is -1.33. The van der Waals surface area contributed by atoms with Crippen molar-refractivity contribution < 1.29 is 19.2 Å². The van der Waals surface area contributed by atoms with Gasteiger partial charge in [-0.3, -0.25) is 4.79 Å². The summed E-state index contributed by atoms with van der Waals surface area (Å²) in [5.41, 5.74) is 1.49. The number of aliphatic carboxylic acids is 1. The van der Waals surface area contributed by atoms with Crippen molar-refractivity contribution >= 4 is 13.1 Å². The maximum Gasteiger partial charge on any atom is 0.466 e. The first-order valence-corrected chi connectivity index (χ1v) is 8.80. The Balaban J connectivity index is 1.97. The molecule has 0 aliphatic carbocycles. The molecule has 1 aliphatic heterocycles. The van der Waals surface area contributed by atoms with E-state index in [0.29, 0.717) is 0 Å². The zero-order valence-electron chi connectivity index (χ0n) is 15.9. The molecule has 7 heteroatoms. The van der Waals surface area contributed by atoms with Crippen molar-refractivity contribution in [3.05, 3.63) is 47.8 Å². The molecule has 1 unspecified atom stereocenters. The Labute approximate surface area is 154 Å². The van der Waals surface area contributed by atoms with Gasteiger partial charge in [-0.05, 0) is 52.3 Å². The quantitative estimate of drug-likeness (QED) is 0.832. The van der Waals surface area contributed by atoms with E-state index in [9.17, 15) is 9.90 Å². The first-order valence-electron chi connectivity index (χ1n) is 8.80. The average molecular weight is 356 g/mol. The molecule has 3 rings (SSSR count). The van der Waals surface area contributed by atoms with Crippen LogP contribution in [-0.4, -0.2) is 39.2 Å². The standard InChI is InChI=1S/C19H25BN2O4/c1-13-15(12-22(21-13)14-9-7-6-8-10-14)16(11-17(23)24)20-25-18(2,3)19(4,5)26-20/h6-10,12,16H,11H2,1-5H3,(H,23,24). The molecule has 1 atom stereocenters. The van der Waals surface area contributed by atoms with Gasteiger partial charge < -0.3 is 14.4 Å². The van der Waals surface area contributed by atoms with Crippen molar-refractivity contribution in [2.24, 2.45) is 0 Å². The summed E-state index contributed by atoms with van der Waals surface area (Å²) in [7, 11) is -0.636. The zero-order chi connectivity index (χ0) is 19.1. The third-order valence-electron chi connectivity index (χ3n) is 5.35. The number of benzene rings is 1. The van der Waals surface area contributed by atoms with Crippen molar-refractivity contribution in [3.63, 3.8) is 0 Å². The number of aromatic nitrogens is 2. The number of para-hydroxylation sites is 1. The predicted octanol–water partition coefficient (Wildman–Crippen LogP) is 3.37. The molecule has 1 fully saturated rings. The third-order valence-corrected chi connectivity index (χ3v) is 5.35. The fraction of sp³-hybridized carbons (Fsp3) is 0.474. The Hall–Kier alpha value is -2.12. The molecule has 26 heavy (non-hydrogen) atoms. The maximum atomic E-state index is 11.5. The monoisotopic (exact) mass is 356 g/mol. The molecule has 2 aromatic rings. The highest BCUT2D eigenvalue weighted by Crippen LogP contribution is 2.42. The summed E-state index contributed by atoms with van der Waals surface area (Å²) in [4.78, 5) is 11.5. The third kappa shape index (κ3) is 3.41. The van der Waals surface area contributed by atoms with E-state index in [1.54, 1.807) is 4.68 Å². The second-order valence-corrected chi connectivity index (χ2v) is 7.78. The SMILES string of the molecule is Cc1nn(-c2ccccc2)cc1C(CC(=O)O)B1OC(C)(C)C(C)(C)O1. The minimum absolute atomic E-state index is 0.0852. The van der Waals surface area contributed by atoms with Gasteiger partial charge in [0.2, 0.25) is 0 Å². The highest BCUT2D eigenvalue weighted by Gasteiger charge is 2.54. The number of rotatable bonds is 5. The van der Waals surface area contributed by atoms with Crippen LogP contribution in [0, 0.1) is 6.92 Å². The van der Waals surface area contributed by atoms with Crippen LogP contribution < -0.4 is 0 Å². The van der Waals surface area contributed by atoms with E-state index in [1.807, 2.05) is 71.1 Å². The summed E-state index contributed by atoms with van der Waals surface area (Å²) in [6, 6.07) is 9.73. The lowest BCUT2D eigenvalue weighted by atomic mass is 9.66. The van der Waals surface area contributed by atoms with E-state index in [4.69, 9.17) is 9.31 Å². The van der Waals surface area contributed by atoms with Gasteiger partial charge in [0.15, 0.2) is 0 Å². The van der Waals surface area contributed by atoms with E-state index in [1.165, 1.54) is 0 Å². The second kappa shape index (κ2) is 6.56. The van der Waals surface area contributed by atoms with Gasteiger partial charge in [-0.2, -0.15) is 5.10 Å². The van der Waals surface area contributed by atoms with Gasteiger partial charge in [-0.25, -0.2) is 4.68 Å². The molecule has 2 heterocycles. The first-order chi connectivity index (χ1) is 12.1. The van der Waals surface area contributed by atoms with Crippen LogP contribution in [0.5, 0.6) is 0 Å². The normalized spacial score (nSPS) is 19.5. The molecule has 1 aromatic heterocycles. The molecule has 138 valence electrons. The summed E-state index contributed by atoms with van der Waals surface area (Å²) in [5, 5.41) is 14.0. The van der Waals surface area contributed by atoms with Gasteiger partial charge in [0.25, 0.3) is 0 Å². The van der Waals surface area contributed by atoms with Crippen LogP contribution in [0.15, 0.2) is 36.5 Å². The summed E-state index contributed by atoms with van der Waals surface area (Å²) < 4.78 is 14.0. The molecule has 0 radical (unpaired) electrons. The molecule has 0 bridgehead atoms. The lowest BCUT2D eigenvalue weighted by Gasteiger charge is -2.32. The van der Waals surface area contributed by atoms with Crippen molar-refractivity contribution in [2.45, 2.75) is 58.1 Å². The van der Waals surface area contributed by atoms with Crippen LogP contribution in [0.25, 0.3) is 5.69 Å². The molecule has 0 spiro atoms. The topological polar surface area (TPSA) is 73.6 Å². The highest BCUT2D eigenvalue weighted by molar-refractivity contribution is 6.48. The van der Waals surface area contributed by atoms with Gasteiger partial charge in [-0.15, -0.1) is 0 Å². The van der Waals surface area contributed by atoms with E-state index in [0.717, 1.165) is 16.9 Å². The average Bonchev–Trinajstić information content (AvgIpc) is 3.03. The van der Waals surface area contributed by atoms with E-state index < -0.39 is 30.1 Å². The number of hydrogen-bond acceptors (Lipinski definition) is 4. The van der Waals surface area contributed by atoms with E-state index in [-0.39, 0.29) is 6.42 Å². The van der Waals surface area contributed by atoms with Crippen LogP contribution in [0.1, 0.15) is 51.2 Å². The minimum Gasteiger partial charge on any atom is -0.481 e. The minimum atomic E-state index is -0.892. The Morgan fingerprint density at radius 2 is 1.77 bits per heavy atom. The molecule has 1 aliphatic rings. The van der Waals surface area contributed by atoms with Gasteiger partial charge in [0.05, 0.1) is 29.0 Å². The summed E-state index contributed by atoms with van der Waals surface area (Å²) >= 11 is 0. The molecule has 1 saturated heterocycles. The Morgan fingerprint density at radius 3 is 2.31 bits per heavy atom. The summed E-state index contributed by atoms with van der Waals surface area (Å²) in [6.45, 7) is 9.74. The van der Waals surface area contributed by atoms with Crippen LogP contribution in [-0.2, 0) is 14.1 Å². The highest BCUT2D eigenvalue weighted by atomic mass is 16.7. The van der Waals surface area contributed by atoms with Crippen LogP contribution in [0.3, 0.4) is 0 Å².